The molecule has 0 aromatic heterocycles. The SMILES string of the molecule is COc1ccc(CC(=O)Nc2ccc(C(=O)N(CC(=O)O)Cc3ccc(OC(=O)c4ccc(-c5ccc(C#N)cc5)cc4)cc3)cc2)c(C(F)(F)F)c1. The molecule has 0 aliphatic carbocycles. The van der Waals surface area contributed by atoms with E-state index in [2.05, 4.69) is 11.4 Å². The molecule has 5 aromatic rings. The van der Waals surface area contributed by atoms with Crippen molar-refractivity contribution < 1.29 is 46.9 Å². The summed E-state index contributed by atoms with van der Waals surface area (Å²) in [6.07, 6.45) is -5.27. The topological polar surface area (TPSA) is 146 Å². The molecule has 0 bridgehead atoms. The maximum Gasteiger partial charge on any atom is 0.416 e. The van der Waals surface area contributed by atoms with Crippen LogP contribution in [0.4, 0.5) is 18.9 Å². The van der Waals surface area contributed by atoms with Crippen molar-refractivity contribution >= 4 is 29.4 Å². The van der Waals surface area contributed by atoms with Gasteiger partial charge in [0.1, 0.15) is 18.0 Å². The van der Waals surface area contributed by atoms with E-state index in [1.807, 2.05) is 12.1 Å². The lowest BCUT2D eigenvalue weighted by Crippen LogP contribution is -2.35. The van der Waals surface area contributed by atoms with Gasteiger partial charge in [-0.15, -0.1) is 0 Å². The first-order valence-electron chi connectivity index (χ1n) is 15.9. The van der Waals surface area contributed by atoms with Crippen LogP contribution in [0.3, 0.4) is 0 Å². The molecule has 2 N–H and O–H groups in total. The minimum atomic E-state index is -4.70. The highest BCUT2D eigenvalue weighted by Crippen LogP contribution is 2.35. The van der Waals surface area contributed by atoms with Crippen LogP contribution in [-0.4, -0.2) is 47.4 Å². The van der Waals surface area contributed by atoms with E-state index < -0.39 is 48.5 Å². The molecule has 13 heteroatoms. The normalized spacial score (nSPS) is 10.8. The standard InChI is InChI=1S/C40H30F3N3O7/c1-52-34-19-14-31(35(21-34)40(41,42)43)20-36(47)45-32-15-12-29(13-16-32)38(50)46(24-37(48)49)23-26-4-17-33(18-5-26)53-39(51)30-10-8-28(9-11-30)27-6-2-25(22-44)3-7-27/h2-19,21H,20,23-24H2,1H3,(H,45,47)(H,48,49). The van der Waals surface area contributed by atoms with Crippen molar-refractivity contribution in [2.45, 2.75) is 19.1 Å². The molecule has 5 rings (SSSR count). The number of amides is 2. The molecule has 0 aliphatic heterocycles. The number of methoxy groups -OCH3 is 1. The molecule has 0 unspecified atom stereocenters. The van der Waals surface area contributed by atoms with Gasteiger partial charge in [0.2, 0.25) is 5.91 Å². The highest BCUT2D eigenvalue weighted by atomic mass is 19.4. The monoisotopic (exact) mass is 721 g/mol. The van der Waals surface area contributed by atoms with Gasteiger partial charge in [-0.25, -0.2) is 4.79 Å². The molecule has 10 nitrogen and oxygen atoms in total. The predicted octanol–water partition coefficient (Wildman–Crippen LogP) is 7.38. The third kappa shape index (κ3) is 9.86. The zero-order valence-electron chi connectivity index (χ0n) is 28.0. The number of alkyl halides is 3. The maximum atomic E-state index is 13.5. The lowest BCUT2D eigenvalue weighted by Gasteiger charge is -2.21. The number of nitrogens with zero attached hydrogens (tertiary/aromatic N) is 2. The Kier molecular flexibility index (Phi) is 11.5. The van der Waals surface area contributed by atoms with Crippen LogP contribution in [0.1, 0.15) is 43.0 Å². The molecular weight excluding hydrogens is 691 g/mol. The summed E-state index contributed by atoms with van der Waals surface area (Å²) in [7, 11) is 1.24. The second-order valence-corrected chi connectivity index (χ2v) is 11.7. The number of benzene rings is 5. The molecule has 0 saturated carbocycles. The Balaban J connectivity index is 1.19. The number of nitrogens with one attached hydrogen (secondary N) is 1. The van der Waals surface area contributed by atoms with Crippen molar-refractivity contribution in [1.29, 1.82) is 5.26 Å². The Morgan fingerprint density at radius 3 is 1.94 bits per heavy atom. The van der Waals surface area contributed by atoms with Gasteiger partial charge in [-0.2, -0.15) is 18.4 Å². The number of halogens is 3. The molecule has 0 saturated heterocycles. The summed E-state index contributed by atoms with van der Waals surface area (Å²) in [5.41, 5.74) is 2.21. The minimum absolute atomic E-state index is 0.00246. The molecule has 0 atom stereocenters. The molecule has 5 aromatic carbocycles. The molecule has 53 heavy (non-hydrogen) atoms. The fourth-order valence-electron chi connectivity index (χ4n) is 5.31. The first-order chi connectivity index (χ1) is 25.3. The predicted molar refractivity (Wildman–Crippen MR) is 187 cm³/mol. The molecule has 0 radical (unpaired) electrons. The largest absolute Gasteiger partial charge is 0.497 e. The Bertz CT molecular complexity index is 2160. The zero-order chi connectivity index (χ0) is 38.1. The summed E-state index contributed by atoms with van der Waals surface area (Å²) in [5.74, 6) is -2.98. The van der Waals surface area contributed by atoms with Crippen molar-refractivity contribution in [3.63, 3.8) is 0 Å². The van der Waals surface area contributed by atoms with E-state index >= 15 is 0 Å². The molecule has 0 spiro atoms. The molecule has 0 heterocycles. The van der Waals surface area contributed by atoms with Gasteiger partial charge >= 0.3 is 18.1 Å². The summed E-state index contributed by atoms with van der Waals surface area (Å²) in [6, 6.07) is 30.9. The molecular formula is C40H30F3N3O7. The average molecular weight is 722 g/mol. The van der Waals surface area contributed by atoms with Crippen molar-refractivity contribution in [1.82, 2.24) is 4.90 Å². The van der Waals surface area contributed by atoms with Gasteiger partial charge in [0.25, 0.3) is 5.91 Å². The van der Waals surface area contributed by atoms with Gasteiger partial charge in [-0.05, 0) is 95.1 Å². The van der Waals surface area contributed by atoms with Crippen LogP contribution < -0.4 is 14.8 Å². The van der Waals surface area contributed by atoms with Crippen molar-refractivity contribution in [2.75, 3.05) is 19.0 Å². The number of ether oxygens (including phenoxy) is 2. The lowest BCUT2D eigenvalue weighted by atomic mass is 10.0. The van der Waals surface area contributed by atoms with Crippen LogP contribution in [0.5, 0.6) is 11.5 Å². The Morgan fingerprint density at radius 2 is 1.38 bits per heavy atom. The highest BCUT2D eigenvalue weighted by Gasteiger charge is 2.34. The quantitative estimate of drug-likeness (QED) is 0.100. The summed E-state index contributed by atoms with van der Waals surface area (Å²) in [6.45, 7) is -0.728. The number of hydrogen-bond acceptors (Lipinski definition) is 7. The Labute approximate surface area is 301 Å². The van der Waals surface area contributed by atoms with E-state index in [-0.39, 0.29) is 34.9 Å². The number of rotatable bonds is 12. The summed E-state index contributed by atoms with van der Waals surface area (Å²) < 4.78 is 51.0. The Morgan fingerprint density at radius 1 is 0.792 bits per heavy atom. The average Bonchev–Trinajstić information content (AvgIpc) is 3.15. The Hall–Kier alpha value is -6.94. The third-order valence-electron chi connectivity index (χ3n) is 7.98. The van der Waals surface area contributed by atoms with Crippen LogP contribution in [0.2, 0.25) is 0 Å². The van der Waals surface area contributed by atoms with Gasteiger partial charge in [0.15, 0.2) is 0 Å². The summed E-state index contributed by atoms with van der Waals surface area (Å²) >= 11 is 0. The number of carboxylic acids is 1. The number of hydrogen-bond donors (Lipinski definition) is 2. The minimum Gasteiger partial charge on any atom is -0.497 e. The molecule has 2 amide bonds. The van der Waals surface area contributed by atoms with Crippen molar-refractivity contribution in [3.8, 4) is 28.7 Å². The van der Waals surface area contributed by atoms with Crippen molar-refractivity contribution in [2.24, 2.45) is 0 Å². The number of esters is 1. The van der Waals surface area contributed by atoms with Gasteiger partial charge in [0, 0.05) is 17.8 Å². The smallest absolute Gasteiger partial charge is 0.416 e. The lowest BCUT2D eigenvalue weighted by molar-refractivity contribution is -0.139. The van der Waals surface area contributed by atoms with Gasteiger partial charge < -0.3 is 24.8 Å². The first kappa shape index (κ1) is 37.3. The summed E-state index contributed by atoms with van der Waals surface area (Å²) in [5, 5.41) is 21.0. The number of aliphatic carboxylic acids is 1. The van der Waals surface area contributed by atoms with Crippen LogP contribution >= 0.6 is 0 Å². The molecule has 268 valence electrons. The van der Waals surface area contributed by atoms with Crippen molar-refractivity contribution in [3.05, 3.63) is 149 Å². The number of carbonyl (C=O) groups excluding carboxylic acids is 3. The number of carboxylic acid groups (broad SMARTS) is 1. The third-order valence-corrected chi connectivity index (χ3v) is 7.98. The number of nitriles is 1. The first-order valence-corrected chi connectivity index (χ1v) is 15.9. The summed E-state index contributed by atoms with van der Waals surface area (Å²) in [4.78, 5) is 51.4. The van der Waals surface area contributed by atoms with Crippen LogP contribution in [-0.2, 0) is 28.7 Å². The second-order valence-electron chi connectivity index (χ2n) is 11.7. The number of carbonyl (C=O) groups is 4. The van der Waals surface area contributed by atoms with E-state index in [1.165, 1.54) is 55.6 Å². The van der Waals surface area contributed by atoms with E-state index in [0.717, 1.165) is 22.1 Å². The van der Waals surface area contributed by atoms with Gasteiger partial charge in [-0.1, -0.05) is 42.5 Å². The second kappa shape index (κ2) is 16.4. The van der Waals surface area contributed by atoms with Crippen LogP contribution in [0.25, 0.3) is 11.1 Å². The van der Waals surface area contributed by atoms with Gasteiger partial charge in [0.05, 0.1) is 36.3 Å². The zero-order valence-corrected chi connectivity index (χ0v) is 28.0. The van der Waals surface area contributed by atoms with E-state index in [1.54, 1.807) is 48.5 Å². The highest BCUT2D eigenvalue weighted by molar-refractivity contribution is 5.97. The van der Waals surface area contributed by atoms with E-state index in [9.17, 15) is 37.5 Å². The molecule has 0 fully saturated rings. The van der Waals surface area contributed by atoms with Gasteiger partial charge in [-0.3, -0.25) is 14.4 Å². The maximum absolute atomic E-state index is 13.5. The van der Waals surface area contributed by atoms with Crippen LogP contribution in [0, 0.1) is 11.3 Å². The number of anilines is 1. The van der Waals surface area contributed by atoms with E-state index in [0.29, 0.717) is 16.7 Å². The van der Waals surface area contributed by atoms with E-state index in [4.69, 9.17) is 14.7 Å². The van der Waals surface area contributed by atoms with Crippen LogP contribution in [0.15, 0.2) is 115 Å². The fourth-order valence-corrected chi connectivity index (χ4v) is 5.31. The fraction of sp³-hybridized carbons (Fsp3) is 0.125. The molecule has 0 aliphatic rings.